The molecule has 0 unspecified atom stereocenters. The van der Waals surface area contributed by atoms with Crippen molar-refractivity contribution in [2.24, 2.45) is 0 Å². The molecule has 0 bridgehead atoms. The van der Waals surface area contributed by atoms with Crippen LogP contribution in [-0.4, -0.2) is 0 Å². The summed E-state index contributed by atoms with van der Waals surface area (Å²) in [5.41, 5.74) is 8.53. The van der Waals surface area contributed by atoms with Gasteiger partial charge in [0.1, 0.15) is 7.92 Å². The largest absolute Gasteiger partial charge is 0.130 e. The van der Waals surface area contributed by atoms with E-state index in [2.05, 4.69) is 99.9 Å². The third-order valence-corrected chi connectivity index (χ3v) is 2.33. The van der Waals surface area contributed by atoms with Gasteiger partial charge in [-0.3, -0.25) is 0 Å². The van der Waals surface area contributed by atoms with Gasteiger partial charge in [0.15, 0.2) is 0 Å². The fraction of sp³-hybridized carbons (Fsp3) is 0.100. The molecule has 0 aliphatic carbocycles. The van der Waals surface area contributed by atoms with Gasteiger partial charge in [-0.1, -0.05) is 11.8 Å². The van der Waals surface area contributed by atoms with Crippen molar-refractivity contribution >= 4 is 7.92 Å². The van der Waals surface area contributed by atoms with E-state index < -0.39 is 7.92 Å². The summed E-state index contributed by atoms with van der Waals surface area (Å²) in [6.07, 6.45) is 4.99. The van der Waals surface area contributed by atoms with Crippen LogP contribution in [-0.2, 0) is 0 Å². The van der Waals surface area contributed by atoms with E-state index in [9.17, 15) is 0 Å². The molecule has 0 saturated heterocycles. The van der Waals surface area contributed by atoms with Crippen LogP contribution in [0.1, 0.15) is 13.8 Å². The van der Waals surface area contributed by atoms with E-state index in [1.165, 1.54) is 0 Å². The summed E-state index contributed by atoms with van der Waals surface area (Å²) in [6, 6.07) is 0. The van der Waals surface area contributed by atoms with Gasteiger partial charge in [-0.15, -0.1) is 6.42 Å². The van der Waals surface area contributed by atoms with Gasteiger partial charge in [0, 0.05) is 0 Å². The van der Waals surface area contributed by atoms with E-state index in [0.29, 0.717) is 0 Å². The number of hydrogen-bond donors (Lipinski definition) is 0. The Morgan fingerprint density at radius 3 is 1.29 bits per heavy atom. The lowest BCUT2D eigenvalue weighted by atomic mass is 10.5. The molecule has 92 valence electrons. The highest BCUT2D eigenvalue weighted by molar-refractivity contribution is 7.72. The zero-order valence-electron chi connectivity index (χ0n) is 11.5. The highest BCUT2D eigenvalue weighted by Crippen LogP contribution is 2.29. The minimum atomic E-state index is -1.17. The molecule has 1 heteroatoms. The molecule has 0 saturated carbocycles. The maximum atomic E-state index is 4.99. The molecule has 0 aromatic heterocycles. The quantitative estimate of drug-likeness (QED) is 0.470. The van der Waals surface area contributed by atoms with Crippen molar-refractivity contribution in [1.29, 1.82) is 0 Å². The maximum absolute atomic E-state index is 4.99. The number of rotatable bonds is 0. The Morgan fingerprint density at radius 1 is 0.524 bits per heavy atom. The van der Waals surface area contributed by atoms with Crippen LogP contribution in [0.5, 0.6) is 0 Å². The first-order chi connectivity index (χ1) is 10.3. The van der Waals surface area contributed by atoms with Crippen LogP contribution in [0.3, 0.4) is 0 Å². The third-order valence-electron chi connectivity index (χ3n) is 1.33. The van der Waals surface area contributed by atoms with Gasteiger partial charge in [0.05, 0.1) is 0 Å². The Morgan fingerprint density at radius 2 is 0.905 bits per heavy atom. The molecule has 21 heavy (non-hydrogen) atoms. The molecule has 0 heterocycles. The molecule has 0 N–H and O–H groups in total. The van der Waals surface area contributed by atoms with Crippen LogP contribution in [0, 0.1) is 106 Å². The first-order valence-electron chi connectivity index (χ1n) is 5.46. The van der Waals surface area contributed by atoms with E-state index in [1.807, 2.05) is 0 Å². The minimum absolute atomic E-state index is 1.17. The zero-order valence-corrected chi connectivity index (χ0v) is 12.4. The van der Waals surface area contributed by atoms with Crippen LogP contribution in [0.15, 0.2) is 0 Å². The van der Waals surface area contributed by atoms with Crippen LogP contribution in [0.4, 0.5) is 0 Å². The van der Waals surface area contributed by atoms with E-state index in [1.54, 1.807) is 13.8 Å². The Labute approximate surface area is 128 Å². The molecule has 0 amide bonds. The number of hydrogen-bond acceptors (Lipinski definition) is 0. The fourth-order valence-electron chi connectivity index (χ4n) is 0.653. The van der Waals surface area contributed by atoms with E-state index in [4.69, 9.17) is 6.42 Å². The van der Waals surface area contributed by atoms with Gasteiger partial charge in [-0.05, 0) is 102 Å². The lowest BCUT2D eigenvalue weighted by Crippen LogP contribution is -1.62. The monoisotopic (exact) mass is 278 g/mol. The zero-order chi connectivity index (χ0) is 15.6. The molecule has 0 fully saturated rings. The fourth-order valence-corrected chi connectivity index (χ4v) is 1.32. The van der Waals surface area contributed by atoms with Crippen LogP contribution in [0.2, 0.25) is 0 Å². The van der Waals surface area contributed by atoms with Gasteiger partial charge >= 0.3 is 0 Å². The summed E-state index contributed by atoms with van der Waals surface area (Å²) in [4.78, 5) is 0. The molecular weight excluding hydrogens is 271 g/mol. The normalized spacial score (nSPS) is 4.86. The SMILES string of the molecule is C#CC#CC#CP(C#CC#CC#CC)C#CC#CC#CC. The van der Waals surface area contributed by atoms with Crippen LogP contribution < -0.4 is 0 Å². The maximum Gasteiger partial charge on any atom is 0.130 e. The molecule has 0 aromatic carbocycles. The summed E-state index contributed by atoms with van der Waals surface area (Å²) in [5, 5.41) is 0. The second-order valence-electron chi connectivity index (χ2n) is 2.69. The molecule has 0 aromatic rings. The van der Waals surface area contributed by atoms with Gasteiger partial charge in [0.2, 0.25) is 0 Å². The molecule has 0 radical (unpaired) electrons. The summed E-state index contributed by atoms with van der Waals surface area (Å²) < 4.78 is 0. The highest BCUT2D eigenvalue weighted by atomic mass is 31.1. The van der Waals surface area contributed by atoms with E-state index >= 15 is 0 Å². The molecular formula is C20H7P. The Balaban J connectivity index is 5.18. The minimum Gasteiger partial charge on any atom is -0.106 e. The smallest absolute Gasteiger partial charge is 0.106 e. The first-order valence-corrected chi connectivity index (χ1v) is 6.80. The van der Waals surface area contributed by atoms with Crippen molar-refractivity contribution in [2.75, 3.05) is 0 Å². The molecule has 0 rings (SSSR count). The Kier molecular flexibility index (Phi) is 12.1. The lowest BCUT2D eigenvalue weighted by molar-refractivity contribution is 1.92. The summed E-state index contributed by atoms with van der Waals surface area (Å²) in [5.74, 6) is 35.8. The molecule has 0 atom stereocenters. The van der Waals surface area contributed by atoms with Gasteiger partial charge in [0.25, 0.3) is 0 Å². The molecule has 0 spiro atoms. The topological polar surface area (TPSA) is 0 Å². The first kappa shape index (κ1) is 17.5. The second-order valence-corrected chi connectivity index (χ2v) is 4.03. The van der Waals surface area contributed by atoms with Crippen molar-refractivity contribution < 1.29 is 0 Å². The average molecular weight is 278 g/mol. The predicted molar refractivity (Wildman–Crippen MR) is 89.3 cm³/mol. The van der Waals surface area contributed by atoms with Crippen molar-refractivity contribution in [3.63, 3.8) is 0 Å². The van der Waals surface area contributed by atoms with Crippen molar-refractivity contribution in [3.05, 3.63) is 0 Å². The lowest BCUT2D eigenvalue weighted by Gasteiger charge is -1.84. The van der Waals surface area contributed by atoms with Gasteiger partial charge in [-0.2, -0.15) is 0 Å². The predicted octanol–water partition coefficient (Wildman–Crippen LogP) is 2.04. The summed E-state index contributed by atoms with van der Waals surface area (Å²) in [6.45, 7) is 3.40. The highest BCUT2D eigenvalue weighted by Gasteiger charge is 1.91. The second kappa shape index (κ2) is 14.5. The van der Waals surface area contributed by atoms with Crippen molar-refractivity contribution in [3.8, 4) is 106 Å². The number of terminal acetylenes is 1. The van der Waals surface area contributed by atoms with Gasteiger partial charge < -0.3 is 0 Å². The van der Waals surface area contributed by atoms with Crippen LogP contribution >= 0.6 is 7.92 Å². The molecule has 0 aliphatic heterocycles. The summed E-state index contributed by atoms with van der Waals surface area (Å²) >= 11 is 0. The van der Waals surface area contributed by atoms with Crippen molar-refractivity contribution in [2.45, 2.75) is 13.8 Å². The van der Waals surface area contributed by atoms with Gasteiger partial charge in [-0.25, -0.2) is 0 Å². The van der Waals surface area contributed by atoms with Crippen LogP contribution in [0.25, 0.3) is 0 Å². The van der Waals surface area contributed by atoms with E-state index in [0.717, 1.165) is 0 Å². The van der Waals surface area contributed by atoms with E-state index in [-0.39, 0.29) is 0 Å². The molecule has 0 nitrogen and oxygen atoms in total. The summed E-state index contributed by atoms with van der Waals surface area (Å²) in [7, 11) is -1.17. The van der Waals surface area contributed by atoms with Crippen molar-refractivity contribution in [1.82, 2.24) is 0 Å². The Bertz CT molecular complexity index is 853. The third kappa shape index (κ3) is 12.7. The Hall–Kier alpha value is -3.53. The molecule has 0 aliphatic rings. The average Bonchev–Trinajstić information content (AvgIpc) is 2.50. The standard InChI is InChI=1S/C20H7P/c1-4-7-10-13-16-19-21(18-15-12-9-6-3)20-17-14-11-8-5-2/h3H,1-2H3.